The highest BCUT2D eigenvalue weighted by Crippen LogP contribution is 2.47. The molecule has 1 amide bonds. The lowest BCUT2D eigenvalue weighted by molar-refractivity contribution is 0.0110. The van der Waals surface area contributed by atoms with E-state index in [4.69, 9.17) is 4.42 Å². The van der Waals surface area contributed by atoms with Crippen molar-refractivity contribution < 1.29 is 9.21 Å². The van der Waals surface area contributed by atoms with E-state index in [1.54, 1.807) is 12.4 Å². The number of hydrogen-bond acceptors (Lipinski definition) is 7. The van der Waals surface area contributed by atoms with Crippen LogP contribution in [0.3, 0.4) is 0 Å². The molecule has 4 heterocycles. The molecule has 0 aliphatic carbocycles. The molecule has 4 rings (SSSR count). The SMILES string of the molecule is CC(C)c1nnc(C2CC3(CN(C(=O)c4cnccn4)C3)CN2C)o1. The van der Waals surface area contributed by atoms with Gasteiger partial charge < -0.3 is 9.32 Å². The lowest BCUT2D eigenvalue weighted by Crippen LogP contribution is -2.59. The van der Waals surface area contributed by atoms with E-state index in [1.165, 1.54) is 6.20 Å². The Kier molecular flexibility index (Phi) is 3.79. The highest BCUT2D eigenvalue weighted by molar-refractivity contribution is 5.92. The van der Waals surface area contributed by atoms with E-state index < -0.39 is 0 Å². The van der Waals surface area contributed by atoms with E-state index in [2.05, 4.69) is 32.1 Å². The molecular weight excluding hydrogens is 320 g/mol. The standard InChI is InChI=1S/C17H22N6O2/c1-11(2)14-20-21-15(25-14)13-6-17(8-22(13)3)9-23(10-17)16(24)12-7-18-4-5-19-12/h4-5,7,11,13H,6,8-10H2,1-3H3. The number of hydrogen-bond donors (Lipinski definition) is 0. The molecule has 2 aromatic heterocycles. The van der Waals surface area contributed by atoms with Gasteiger partial charge in [0.1, 0.15) is 5.69 Å². The fraction of sp³-hybridized carbons (Fsp3) is 0.588. The van der Waals surface area contributed by atoms with Gasteiger partial charge in [0.25, 0.3) is 5.91 Å². The number of carbonyl (C=O) groups excluding carboxylic acids is 1. The minimum absolute atomic E-state index is 0.0512. The molecule has 1 spiro atoms. The summed E-state index contributed by atoms with van der Waals surface area (Å²) >= 11 is 0. The zero-order chi connectivity index (χ0) is 17.6. The Hall–Kier alpha value is -2.35. The minimum atomic E-state index is -0.0512. The number of nitrogens with zero attached hydrogens (tertiary/aromatic N) is 6. The fourth-order valence-corrected chi connectivity index (χ4v) is 3.87. The molecule has 2 aliphatic rings. The maximum absolute atomic E-state index is 12.4. The third-order valence-electron chi connectivity index (χ3n) is 5.10. The van der Waals surface area contributed by atoms with Gasteiger partial charge in [-0.15, -0.1) is 10.2 Å². The lowest BCUT2D eigenvalue weighted by Gasteiger charge is -2.47. The molecule has 0 bridgehead atoms. The van der Waals surface area contributed by atoms with Crippen molar-refractivity contribution in [2.75, 3.05) is 26.7 Å². The molecule has 132 valence electrons. The van der Waals surface area contributed by atoms with Crippen LogP contribution in [0, 0.1) is 5.41 Å². The summed E-state index contributed by atoms with van der Waals surface area (Å²) < 4.78 is 5.84. The Morgan fingerprint density at radius 1 is 1.28 bits per heavy atom. The van der Waals surface area contributed by atoms with Crippen LogP contribution in [-0.2, 0) is 0 Å². The van der Waals surface area contributed by atoms with Crippen molar-refractivity contribution >= 4 is 5.91 Å². The summed E-state index contributed by atoms with van der Waals surface area (Å²) in [5.74, 6) is 1.54. The zero-order valence-corrected chi connectivity index (χ0v) is 14.7. The van der Waals surface area contributed by atoms with Crippen LogP contribution in [-0.4, -0.2) is 62.6 Å². The second kappa shape index (κ2) is 5.87. The van der Waals surface area contributed by atoms with Gasteiger partial charge in [-0.3, -0.25) is 14.7 Å². The first-order valence-electron chi connectivity index (χ1n) is 8.56. The molecule has 25 heavy (non-hydrogen) atoms. The maximum Gasteiger partial charge on any atom is 0.274 e. The van der Waals surface area contributed by atoms with Crippen molar-refractivity contribution in [3.05, 3.63) is 36.1 Å². The van der Waals surface area contributed by atoms with Crippen molar-refractivity contribution in [3.63, 3.8) is 0 Å². The maximum atomic E-state index is 12.4. The average molecular weight is 342 g/mol. The summed E-state index contributed by atoms with van der Waals surface area (Å²) in [6.07, 6.45) is 5.56. The first kappa shape index (κ1) is 16.1. The van der Waals surface area contributed by atoms with Gasteiger partial charge in [0.15, 0.2) is 0 Å². The normalized spacial score (nSPS) is 22.6. The second-order valence-electron chi connectivity index (χ2n) is 7.52. The topological polar surface area (TPSA) is 88.2 Å². The fourth-order valence-electron chi connectivity index (χ4n) is 3.87. The van der Waals surface area contributed by atoms with Crippen LogP contribution in [0.25, 0.3) is 0 Å². The van der Waals surface area contributed by atoms with Crippen LogP contribution in [0.4, 0.5) is 0 Å². The molecule has 1 unspecified atom stereocenters. The molecule has 8 heteroatoms. The predicted octanol–water partition coefficient (Wildman–Crippen LogP) is 1.50. The molecule has 8 nitrogen and oxygen atoms in total. The van der Waals surface area contributed by atoms with Crippen LogP contribution in [0.1, 0.15) is 54.5 Å². The zero-order valence-electron chi connectivity index (χ0n) is 14.7. The molecule has 0 N–H and O–H groups in total. The van der Waals surface area contributed by atoms with Crippen molar-refractivity contribution in [1.29, 1.82) is 0 Å². The number of carbonyl (C=O) groups is 1. The summed E-state index contributed by atoms with van der Waals surface area (Å²) in [4.78, 5) is 24.6. The highest BCUT2D eigenvalue weighted by atomic mass is 16.4. The van der Waals surface area contributed by atoms with E-state index in [1.807, 2.05) is 18.7 Å². The summed E-state index contributed by atoms with van der Waals surface area (Å²) in [5.41, 5.74) is 0.503. The Morgan fingerprint density at radius 3 is 2.72 bits per heavy atom. The Balaban J connectivity index is 1.43. The number of aromatic nitrogens is 4. The van der Waals surface area contributed by atoms with Crippen molar-refractivity contribution in [2.24, 2.45) is 5.41 Å². The van der Waals surface area contributed by atoms with Crippen LogP contribution in [0.15, 0.2) is 23.0 Å². The number of rotatable bonds is 3. The summed E-state index contributed by atoms with van der Waals surface area (Å²) in [6.45, 7) is 6.46. The van der Waals surface area contributed by atoms with E-state index in [0.29, 0.717) is 17.5 Å². The second-order valence-corrected chi connectivity index (χ2v) is 7.52. The van der Waals surface area contributed by atoms with E-state index in [0.717, 1.165) is 26.1 Å². The summed E-state index contributed by atoms with van der Waals surface area (Å²) in [5, 5.41) is 8.38. The molecule has 0 aromatic carbocycles. The summed E-state index contributed by atoms with van der Waals surface area (Å²) in [7, 11) is 2.08. The van der Waals surface area contributed by atoms with Crippen molar-refractivity contribution in [1.82, 2.24) is 30.0 Å². The van der Waals surface area contributed by atoms with Gasteiger partial charge >= 0.3 is 0 Å². The predicted molar refractivity (Wildman–Crippen MR) is 88.7 cm³/mol. The molecule has 2 aromatic rings. The minimum Gasteiger partial charge on any atom is -0.423 e. The van der Waals surface area contributed by atoms with E-state index in [-0.39, 0.29) is 23.3 Å². The van der Waals surface area contributed by atoms with Gasteiger partial charge in [0, 0.05) is 43.4 Å². The highest BCUT2D eigenvalue weighted by Gasteiger charge is 2.53. The van der Waals surface area contributed by atoms with Crippen molar-refractivity contribution in [2.45, 2.75) is 32.2 Å². The van der Waals surface area contributed by atoms with E-state index >= 15 is 0 Å². The number of likely N-dealkylation sites (tertiary alicyclic amines) is 2. The van der Waals surface area contributed by atoms with Gasteiger partial charge in [0.05, 0.1) is 12.2 Å². The van der Waals surface area contributed by atoms with Crippen molar-refractivity contribution in [3.8, 4) is 0 Å². The molecule has 2 aliphatic heterocycles. The Morgan fingerprint density at radius 2 is 2.08 bits per heavy atom. The van der Waals surface area contributed by atoms with E-state index in [9.17, 15) is 4.79 Å². The van der Waals surface area contributed by atoms with Gasteiger partial charge in [-0.1, -0.05) is 13.8 Å². The van der Waals surface area contributed by atoms with Gasteiger partial charge in [0.2, 0.25) is 11.8 Å². The van der Waals surface area contributed by atoms with Crippen LogP contribution >= 0.6 is 0 Å². The monoisotopic (exact) mass is 342 g/mol. The van der Waals surface area contributed by atoms with Gasteiger partial charge in [-0.2, -0.15) is 0 Å². The van der Waals surface area contributed by atoms with Crippen LogP contribution in [0.2, 0.25) is 0 Å². The third kappa shape index (κ3) is 2.80. The molecule has 0 radical (unpaired) electrons. The largest absolute Gasteiger partial charge is 0.423 e. The lowest BCUT2D eigenvalue weighted by atomic mass is 9.77. The van der Waals surface area contributed by atoms with Crippen LogP contribution in [0.5, 0.6) is 0 Å². The Labute approximate surface area is 146 Å². The smallest absolute Gasteiger partial charge is 0.274 e. The third-order valence-corrected chi connectivity index (χ3v) is 5.10. The molecule has 0 saturated carbocycles. The molecule has 2 saturated heterocycles. The molecule has 2 fully saturated rings. The summed E-state index contributed by atoms with van der Waals surface area (Å²) in [6, 6.07) is 0.119. The molecule has 1 atom stereocenters. The van der Waals surface area contributed by atoms with Gasteiger partial charge in [-0.05, 0) is 13.5 Å². The Bertz CT molecular complexity index is 768. The first-order chi connectivity index (χ1) is 12.0. The van der Waals surface area contributed by atoms with Gasteiger partial charge in [-0.25, -0.2) is 4.98 Å². The quantitative estimate of drug-likeness (QED) is 0.835. The average Bonchev–Trinajstić information content (AvgIpc) is 3.18. The molecular formula is C17H22N6O2. The number of amides is 1. The van der Waals surface area contributed by atoms with Crippen LogP contribution < -0.4 is 0 Å². The first-order valence-corrected chi connectivity index (χ1v) is 8.56.